The molecule has 3 aromatic rings. The molecular formula is C21H21FN4O3S. The van der Waals surface area contributed by atoms with Crippen molar-refractivity contribution in [3.8, 4) is 0 Å². The number of aryl methyl sites for hydroxylation is 1. The van der Waals surface area contributed by atoms with Gasteiger partial charge in [0, 0.05) is 43.7 Å². The van der Waals surface area contributed by atoms with Crippen LogP contribution in [0.5, 0.6) is 0 Å². The van der Waals surface area contributed by atoms with Gasteiger partial charge in [0.2, 0.25) is 0 Å². The van der Waals surface area contributed by atoms with Crippen LogP contribution in [-0.2, 0) is 6.42 Å². The zero-order valence-electron chi connectivity index (χ0n) is 16.4. The number of anilines is 1. The van der Waals surface area contributed by atoms with Crippen molar-refractivity contribution in [2.45, 2.75) is 13.3 Å². The van der Waals surface area contributed by atoms with Crippen molar-refractivity contribution in [2.75, 3.05) is 31.5 Å². The lowest BCUT2D eigenvalue weighted by Crippen LogP contribution is -2.51. The number of aromatic nitrogens is 1. The predicted octanol–water partition coefficient (Wildman–Crippen LogP) is 3.76. The lowest BCUT2D eigenvalue weighted by molar-refractivity contribution is 0.0640. The summed E-state index contributed by atoms with van der Waals surface area (Å²) in [4.78, 5) is 33.3. The first kappa shape index (κ1) is 20.1. The monoisotopic (exact) mass is 428 g/mol. The molecule has 0 saturated carbocycles. The topological polar surface area (TPSA) is 78.7 Å². The Morgan fingerprint density at radius 1 is 1.20 bits per heavy atom. The van der Waals surface area contributed by atoms with E-state index in [0.29, 0.717) is 49.1 Å². The van der Waals surface area contributed by atoms with Gasteiger partial charge in [-0.05, 0) is 36.2 Å². The molecule has 0 spiro atoms. The maximum absolute atomic E-state index is 13.7. The van der Waals surface area contributed by atoms with E-state index in [0.717, 1.165) is 10.4 Å². The van der Waals surface area contributed by atoms with Crippen LogP contribution in [0.2, 0.25) is 0 Å². The van der Waals surface area contributed by atoms with E-state index in [1.807, 2.05) is 6.07 Å². The normalized spacial score (nSPS) is 14.1. The fraction of sp³-hybridized carbons (Fsp3) is 0.286. The molecule has 1 saturated heterocycles. The van der Waals surface area contributed by atoms with Crippen molar-refractivity contribution in [1.29, 1.82) is 0 Å². The van der Waals surface area contributed by atoms with Crippen molar-refractivity contribution < 1.29 is 18.4 Å². The Balaban J connectivity index is 1.29. The number of halogens is 1. The minimum atomic E-state index is -0.248. The Hall–Kier alpha value is -3.20. The largest absolute Gasteiger partial charge is 0.459 e. The highest BCUT2D eigenvalue weighted by molar-refractivity contribution is 7.15. The molecule has 7 nitrogen and oxygen atoms in total. The van der Waals surface area contributed by atoms with Gasteiger partial charge in [-0.15, -0.1) is 11.3 Å². The highest BCUT2D eigenvalue weighted by Gasteiger charge is 2.26. The number of rotatable bonds is 4. The number of hydrogen-bond donors (Lipinski definition) is 1. The molecule has 156 valence electrons. The lowest BCUT2D eigenvalue weighted by Gasteiger charge is -2.34. The van der Waals surface area contributed by atoms with E-state index in [-0.39, 0.29) is 17.8 Å². The number of piperazine rings is 1. The van der Waals surface area contributed by atoms with Crippen molar-refractivity contribution in [3.05, 3.63) is 70.4 Å². The van der Waals surface area contributed by atoms with Crippen molar-refractivity contribution in [1.82, 2.24) is 14.8 Å². The maximum Gasteiger partial charge on any atom is 0.323 e. The Labute approximate surface area is 177 Å². The average molecular weight is 428 g/mol. The average Bonchev–Trinajstić information content (AvgIpc) is 3.43. The summed E-state index contributed by atoms with van der Waals surface area (Å²) in [5.74, 6) is -0.0935. The van der Waals surface area contributed by atoms with Gasteiger partial charge < -0.3 is 14.2 Å². The maximum atomic E-state index is 13.7. The van der Waals surface area contributed by atoms with Crippen LogP contribution in [-0.4, -0.2) is 52.9 Å². The number of amides is 3. The molecule has 4 rings (SSSR count). The molecular weight excluding hydrogens is 407 g/mol. The third-order valence-corrected chi connectivity index (χ3v) is 5.88. The summed E-state index contributed by atoms with van der Waals surface area (Å²) in [6.07, 6.45) is 3.71. The first-order valence-corrected chi connectivity index (χ1v) is 10.4. The van der Waals surface area contributed by atoms with Gasteiger partial charge in [0.05, 0.1) is 6.26 Å². The first-order valence-electron chi connectivity index (χ1n) is 9.58. The van der Waals surface area contributed by atoms with Crippen LogP contribution in [0.3, 0.4) is 0 Å². The van der Waals surface area contributed by atoms with Crippen molar-refractivity contribution >= 4 is 28.4 Å². The Bertz CT molecular complexity index is 1040. The summed E-state index contributed by atoms with van der Waals surface area (Å²) in [5, 5.41) is 3.31. The number of carbonyl (C=O) groups excluding carboxylic acids is 2. The second kappa shape index (κ2) is 8.66. The minimum Gasteiger partial charge on any atom is -0.459 e. The molecule has 9 heteroatoms. The van der Waals surface area contributed by atoms with Gasteiger partial charge in [0.25, 0.3) is 5.91 Å². The van der Waals surface area contributed by atoms with Crippen LogP contribution in [0.1, 0.15) is 26.6 Å². The molecule has 0 radical (unpaired) electrons. The molecule has 0 unspecified atom stereocenters. The summed E-state index contributed by atoms with van der Waals surface area (Å²) < 4.78 is 18.9. The summed E-state index contributed by atoms with van der Waals surface area (Å²) in [5.41, 5.74) is 1.47. The van der Waals surface area contributed by atoms with Crippen LogP contribution in [0.25, 0.3) is 0 Å². The van der Waals surface area contributed by atoms with Crippen molar-refractivity contribution in [2.24, 2.45) is 0 Å². The molecule has 3 amide bonds. The number of carbonyl (C=O) groups is 2. The molecule has 0 bridgehead atoms. The highest BCUT2D eigenvalue weighted by Crippen LogP contribution is 2.22. The highest BCUT2D eigenvalue weighted by atomic mass is 32.1. The van der Waals surface area contributed by atoms with Gasteiger partial charge in [-0.1, -0.05) is 12.1 Å². The van der Waals surface area contributed by atoms with Crippen molar-refractivity contribution in [3.63, 3.8) is 0 Å². The molecule has 30 heavy (non-hydrogen) atoms. The van der Waals surface area contributed by atoms with E-state index >= 15 is 0 Å². The van der Waals surface area contributed by atoms with Gasteiger partial charge in [0.15, 0.2) is 10.9 Å². The van der Waals surface area contributed by atoms with E-state index < -0.39 is 0 Å². The summed E-state index contributed by atoms with van der Waals surface area (Å²) in [6.45, 7) is 3.47. The fourth-order valence-corrected chi connectivity index (χ4v) is 4.07. The number of nitrogens with zero attached hydrogens (tertiary/aromatic N) is 3. The van der Waals surface area contributed by atoms with Crippen LogP contribution < -0.4 is 5.32 Å². The van der Waals surface area contributed by atoms with Gasteiger partial charge in [-0.2, -0.15) is 0 Å². The molecule has 1 fully saturated rings. The Morgan fingerprint density at radius 2 is 1.97 bits per heavy atom. The van der Waals surface area contributed by atoms with E-state index in [9.17, 15) is 14.0 Å². The quantitative estimate of drug-likeness (QED) is 0.686. The van der Waals surface area contributed by atoms with Gasteiger partial charge >= 0.3 is 6.03 Å². The number of hydrogen-bond acceptors (Lipinski definition) is 5. The summed E-state index contributed by atoms with van der Waals surface area (Å²) in [6, 6.07) is 8.23. The summed E-state index contributed by atoms with van der Waals surface area (Å²) >= 11 is 1.36. The van der Waals surface area contributed by atoms with E-state index in [2.05, 4.69) is 10.3 Å². The molecule has 1 N–H and O–H groups in total. The van der Waals surface area contributed by atoms with E-state index in [4.69, 9.17) is 4.42 Å². The smallest absolute Gasteiger partial charge is 0.323 e. The molecule has 0 atom stereocenters. The molecule has 1 aromatic carbocycles. The van der Waals surface area contributed by atoms with Gasteiger partial charge in [0.1, 0.15) is 5.82 Å². The lowest BCUT2D eigenvalue weighted by atomic mass is 10.1. The Kier molecular flexibility index (Phi) is 5.80. The molecule has 0 aliphatic carbocycles. The predicted molar refractivity (Wildman–Crippen MR) is 111 cm³/mol. The summed E-state index contributed by atoms with van der Waals surface area (Å²) in [7, 11) is 0. The molecule has 2 aromatic heterocycles. The van der Waals surface area contributed by atoms with Gasteiger partial charge in [-0.3, -0.25) is 10.1 Å². The van der Waals surface area contributed by atoms with Crippen LogP contribution in [0, 0.1) is 12.7 Å². The molecule has 1 aliphatic heterocycles. The minimum absolute atomic E-state index is 0.169. The first-order chi connectivity index (χ1) is 14.5. The molecule has 1 aliphatic rings. The van der Waals surface area contributed by atoms with Crippen LogP contribution >= 0.6 is 11.3 Å². The van der Waals surface area contributed by atoms with E-state index in [1.165, 1.54) is 23.7 Å². The third kappa shape index (κ3) is 4.51. The third-order valence-electron chi connectivity index (χ3n) is 4.97. The van der Waals surface area contributed by atoms with Crippen LogP contribution in [0.15, 0.2) is 47.2 Å². The number of benzene rings is 1. The zero-order chi connectivity index (χ0) is 21.1. The number of thiazole rings is 1. The number of nitrogens with one attached hydrogen (secondary N) is 1. The standard InChI is InChI=1S/C21H21FN4O3S/c1-14-4-5-15(12-17(14)22)11-16-13-23-20(30-16)24-21(28)26-8-6-25(7-9-26)19(27)18-3-2-10-29-18/h2-5,10,12-13H,6-9,11H2,1H3,(H,23,24,28). The zero-order valence-corrected chi connectivity index (χ0v) is 17.2. The second-order valence-corrected chi connectivity index (χ2v) is 8.19. The number of urea groups is 1. The fourth-order valence-electron chi connectivity index (χ4n) is 3.23. The van der Waals surface area contributed by atoms with Crippen LogP contribution in [0.4, 0.5) is 14.3 Å². The number of furan rings is 1. The Morgan fingerprint density at radius 3 is 2.67 bits per heavy atom. The second-order valence-electron chi connectivity index (χ2n) is 7.08. The molecule has 3 heterocycles. The SMILES string of the molecule is Cc1ccc(Cc2cnc(NC(=O)N3CCN(C(=O)c4ccco4)CC3)s2)cc1F. The van der Waals surface area contributed by atoms with Gasteiger partial charge in [-0.25, -0.2) is 14.2 Å². The van der Waals surface area contributed by atoms with E-state index in [1.54, 1.807) is 41.1 Å².